The summed E-state index contributed by atoms with van der Waals surface area (Å²) in [5, 5.41) is 7.76. The van der Waals surface area contributed by atoms with Gasteiger partial charge in [0.25, 0.3) is 0 Å². The topological polar surface area (TPSA) is 71.4 Å². The van der Waals surface area contributed by atoms with Gasteiger partial charge in [-0.1, -0.05) is 36.4 Å². The normalized spacial score (nSPS) is 12.9. The van der Waals surface area contributed by atoms with Gasteiger partial charge in [0.2, 0.25) is 0 Å². The van der Waals surface area contributed by atoms with Gasteiger partial charge in [0.1, 0.15) is 0 Å². The molecule has 0 aliphatic carbocycles. The molecule has 6 heteroatoms. The SMILES string of the molecule is CS(=O)(=O)c1ccc(-c2ccc(C(Cl)C(=O)O)cc2)cc1. The Morgan fingerprint density at radius 3 is 1.81 bits per heavy atom. The van der Waals surface area contributed by atoms with Crippen LogP contribution in [0.2, 0.25) is 0 Å². The van der Waals surface area contributed by atoms with E-state index in [4.69, 9.17) is 16.7 Å². The van der Waals surface area contributed by atoms with E-state index in [1.54, 1.807) is 48.5 Å². The quantitative estimate of drug-likeness (QED) is 0.877. The fourth-order valence-electron chi connectivity index (χ4n) is 1.88. The summed E-state index contributed by atoms with van der Waals surface area (Å²) >= 11 is 5.74. The van der Waals surface area contributed by atoms with Crippen LogP contribution in [0.5, 0.6) is 0 Å². The number of hydrogen-bond donors (Lipinski definition) is 1. The zero-order chi connectivity index (χ0) is 15.6. The van der Waals surface area contributed by atoms with Crippen LogP contribution in [-0.2, 0) is 14.6 Å². The minimum absolute atomic E-state index is 0.259. The number of hydrogen-bond acceptors (Lipinski definition) is 3. The molecular weight excluding hydrogens is 312 g/mol. The lowest BCUT2D eigenvalue weighted by atomic mass is 10.0. The maximum Gasteiger partial charge on any atom is 0.326 e. The average molecular weight is 325 g/mol. The van der Waals surface area contributed by atoms with E-state index in [0.29, 0.717) is 5.56 Å². The summed E-state index contributed by atoms with van der Waals surface area (Å²) in [5.74, 6) is -1.10. The molecule has 4 nitrogen and oxygen atoms in total. The molecule has 0 saturated heterocycles. The number of halogens is 1. The molecular formula is C15H13ClO4S. The van der Waals surface area contributed by atoms with Crippen molar-refractivity contribution in [3.8, 4) is 11.1 Å². The van der Waals surface area contributed by atoms with Gasteiger partial charge in [0.15, 0.2) is 15.2 Å². The number of carboxylic acids is 1. The summed E-state index contributed by atoms with van der Waals surface area (Å²) in [6.45, 7) is 0. The van der Waals surface area contributed by atoms with Crippen molar-refractivity contribution < 1.29 is 18.3 Å². The summed E-state index contributed by atoms with van der Waals surface area (Å²) in [7, 11) is -3.21. The highest BCUT2D eigenvalue weighted by atomic mass is 35.5. The largest absolute Gasteiger partial charge is 0.480 e. The van der Waals surface area contributed by atoms with Gasteiger partial charge in [-0.3, -0.25) is 4.79 Å². The third kappa shape index (κ3) is 3.62. The lowest BCUT2D eigenvalue weighted by Gasteiger charge is -2.07. The molecule has 0 aromatic heterocycles. The van der Waals surface area contributed by atoms with Crippen molar-refractivity contribution in [3.63, 3.8) is 0 Å². The summed E-state index contributed by atoms with van der Waals surface area (Å²) in [6.07, 6.45) is 1.16. The van der Waals surface area contributed by atoms with Crippen LogP contribution in [0.15, 0.2) is 53.4 Å². The second kappa shape index (κ2) is 5.87. The molecule has 0 fully saturated rings. The Kier molecular flexibility index (Phi) is 4.34. The molecule has 2 rings (SSSR count). The molecule has 1 N–H and O–H groups in total. The molecule has 2 aromatic rings. The molecule has 0 amide bonds. The third-order valence-electron chi connectivity index (χ3n) is 3.04. The number of benzene rings is 2. The van der Waals surface area contributed by atoms with Crippen molar-refractivity contribution in [3.05, 3.63) is 54.1 Å². The lowest BCUT2D eigenvalue weighted by molar-refractivity contribution is -0.136. The minimum Gasteiger partial charge on any atom is -0.480 e. The van der Waals surface area contributed by atoms with Crippen LogP contribution in [0.25, 0.3) is 11.1 Å². The molecule has 0 heterocycles. The predicted octanol–water partition coefficient (Wildman–Crippen LogP) is 3.12. The summed E-state index contributed by atoms with van der Waals surface area (Å²) in [4.78, 5) is 11.1. The maximum absolute atomic E-state index is 11.4. The van der Waals surface area contributed by atoms with Crippen molar-refractivity contribution in [1.82, 2.24) is 0 Å². The zero-order valence-corrected chi connectivity index (χ0v) is 12.7. The highest BCUT2D eigenvalue weighted by molar-refractivity contribution is 7.90. The van der Waals surface area contributed by atoms with Crippen LogP contribution < -0.4 is 0 Å². The van der Waals surface area contributed by atoms with E-state index in [9.17, 15) is 13.2 Å². The van der Waals surface area contributed by atoms with Crippen molar-refractivity contribution in [2.24, 2.45) is 0 Å². The minimum atomic E-state index is -3.21. The molecule has 0 radical (unpaired) electrons. The van der Waals surface area contributed by atoms with Crippen LogP contribution in [0, 0.1) is 0 Å². The molecule has 1 atom stereocenters. The van der Waals surface area contributed by atoms with Crippen molar-refractivity contribution >= 4 is 27.4 Å². The Morgan fingerprint density at radius 2 is 1.43 bits per heavy atom. The second-order valence-electron chi connectivity index (χ2n) is 4.62. The van der Waals surface area contributed by atoms with E-state index in [0.717, 1.165) is 17.4 Å². The first-order valence-corrected chi connectivity index (χ1v) is 8.39. The third-order valence-corrected chi connectivity index (χ3v) is 4.60. The molecule has 0 aliphatic heterocycles. The fourth-order valence-corrected chi connectivity index (χ4v) is 2.66. The van der Waals surface area contributed by atoms with E-state index in [-0.39, 0.29) is 4.90 Å². The van der Waals surface area contributed by atoms with Crippen molar-refractivity contribution in [2.45, 2.75) is 10.3 Å². The molecule has 0 spiro atoms. The van der Waals surface area contributed by atoms with Crippen LogP contribution >= 0.6 is 11.6 Å². The number of rotatable bonds is 4. The van der Waals surface area contributed by atoms with Crippen molar-refractivity contribution in [1.29, 1.82) is 0 Å². The van der Waals surface area contributed by atoms with Gasteiger partial charge in [-0.05, 0) is 28.8 Å². The molecule has 21 heavy (non-hydrogen) atoms. The molecule has 0 aliphatic rings. The Balaban J connectivity index is 2.29. The molecule has 0 bridgehead atoms. The van der Waals surface area contributed by atoms with E-state index < -0.39 is 21.2 Å². The zero-order valence-electron chi connectivity index (χ0n) is 11.2. The molecule has 0 saturated carbocycles. The van der Waals surface area contributed by atoms with Crippen LogP contribution in [0.1, 0.15) is 10.9 Å². The number of carbonyl (C=O) groups is 1. The van der Waals surface area contributed by atoms with Gasteiger partial charge in [0.05, 0.1) is 4.90 Å². The van der Waals surface area contributed by atoms with E-state index in [2.05, 4.69) is 0 Å². The smallest absolute Gasteiger partial charge is 0.326 e. The van der Waals surface area contributed by atoms with Crippen molar-refractivity contribution in [2.75, 3.05) is 6.26 Å². The first-order valence-electron chi connectivity index (χ1n) is 6.06. The molecule has 1 unspecified atom stereocenters. The van der Waals surface area contributed by atoms with Crippen LogP contribution in [0.3, 0.4) is 0 Å². The monoisotopic (exact) mass is 324 g/mol. The van der Waals surface area contributed by atoms with Gasteiger partial charge < -0.3 is 5.11 Å². The number of alkyl halides is 1. The highest BCUT2D eigenvalue weighted by Gasteiger charge is 2.15. The van der Waals surface area contributed by atoms with Gasteiger partial charge in [0, 0.05) is 6.26 Å². The van der Waals surface area contributed by atoms with Gasteiger partial charge in [-0.15, -0.1) is 11.6 Å². The summed E-state index contributed by atoms with van der Waals surface area (Å²) in [5.41, 5.74) is 2.20. The standard InChI is InChI=1S/C15H13ClO4S/c1-21(19,20)13-8-6-11(7-9-13)10-2-4-12(5-3-10)14(16)15(17)18/h2-9,14H,1H3,(H,17,18). The van der Waals surface area contributed by atoms with Gasteiger partial charge in [-0.2, -0.15) is 0 Å². The fraction of sp³-hybridized carbons (Fsp3) is 0.133. The Morgan fingerprint density at radius 1 is 1.00 bits per heavy atom. The predicted molar refractivity (Wildman–Crippen MR) is 81.2 cm³/mol. The summed E-state index contributed by atoms with van der Waals surface area (Å²) < 4.78 is 22.8. The Labute approximate surface area is 127 Å². The Bertz CT molecular complexity index is 749. The first kappa shape index (κ1) is 15.5. The number of aliphatic carboxylic acids is 1. The molecule has 110 valence electrons. The van der Waals surface area contributed by atoms with E-state index >= 15 is 0 Å². The van der Waals surface area contributed by atoms with Gasteiger partial charge >= 0.3 is 5.97 Å². The lowest BCUT2D eigenvalue weighted by Crippen LogP contribution is -2.04. The summed E-state index contributed by atoms with van der Waals surface area (Å²) in [6, 6.07) is 13.3. The second-order valence-corrected chi connectivity index (χ2v) is 7.07. The first-order chi connectivity index (χ1) is 9.79. The van der Waals surface area contributed by atoms with E-state index in [1.807, 2.05) is 0 Å². The van der Waals surface area contributed by atoms with Crippen LogP contribution in [0.4, 0.5) is 0 Å². The highest BCUT2D eigenvalue weighted by Crippen LogP contribution is 2.26. The maximum atomic E-state index is 11.4. The average Bonchev–Trinajstić information content (AvgIpc) is 2.46. The van der Waals surface area contributed by atoms with Crippen LogP contribution in [-0.4, -0.2) is 25.7 Å². The molecule has 2 aromatic carbocycles. The van der Waals surface area contributed by atoms with Gasteiger partial charge in [-0.25, -0.2) is 8.42 Å². The number of carboxylic acid groups (broad SMARTS) is 1. The Hall–Kier alpha value is -1.85. The number of sulfone groups is 1. The van der Waals surface area contributed by atoms with E-state index in [1.165, 1.54) is 0 Å².